The Kier molecular flexibility index (Phi) is 5.82. The molecule has 2 nitrogen and oxygen atoms in total. The van der Waals surface area contributed by atoms with E-state index < -0.39 is 0 Å². The molecule has 0 aromatic carbocycles. The minimum Gasteiger partial charge on any atom is -0.458 e. The van der Waals surface area contributed by atoms with Crippen molar-refractivity contribution in [3.8, 4) is 0 Å². The number of hydrogen-bond acceptors (Lipinski definition) is 2. The van der Waals surface area contributed by atoms with Crippen LogP contribution in [0, 0.1) is 5.92 Å². The van der Waals surface area contributed by atoms with E-state index in [1.807, 2.05) is 0 Å². The SMILES string of the molecule is C=C1C(=O)OC2CC(C)=CCC=C(C)CCCC(C)=CCC12. The molecule has 2 heteroatoms. The molecular weight excluding hydrogens is 272 g/mol. The summed E-state index contributed by atoms with van der Waals surface area (Å²) in [4.78, 5) is 11.8. The van der Waals surface area contributed by atoms with Crippen LogP contribution < -0.4 is 0 Å². The van der Waals surface area contributed by atoms with E-state index in [4.69, 9.17) is 4.74 Å². The molecular formula is C20H28O2. The van der Waals surface area contributed by atoms with E-state index in [0.29, 0.717) is 5.57 Å². The third-order valence-electron chi connectivity index (χ3n) is 4.74. The Morgan fingerprint density at radius 3 is 2.41 bits per heavy atom. The Morgan fingerprint density at radius 2 is 1.68 bits per heavy atom. The molecule has 0 aromatic heterocycles. The smallest absolute Gasteiger partial charge is 0.334 e. The van der Waals surface area contributed by atoms with Crippen LogP contribution in [0.5, 0.6) is 0 Å². The molecule has 1 saturated heterocycles. The predicted molar refractivity (Wildman–Crippen MR) is 91.5 cm³/mol. The normalized spacial score (nSPS) is 28.0. The van der Waals surface area contributed by atoms with Gasteiger partial charge in [0.1, 0.15) is 6.10 Å². The van der Waals surface area contributed by atoms with Gasteiger partial charge < -0.3 is 4.74 Å². The second kappa shape index (κ2) is 7.62. The lowest BCUT2D eigenvalue weighted by Crippen LogP contribution is -2.16. The number of hydrogen-bond donors (Lipinski definition) is 0. The van der Waals surface area contributed by atoms with Gasteiger partial charge in [-0.05, 0) is 52.9 Å². The molecule has 0 saturated carbocycles. The predicted octanol–water partition coefficient (Wildman–Crippen LogP) is 5.28. The Hall–Kier alpha value is -1.57. The molecule has 1 heterocycles. The third kappa shape index (κ3) is 4.46. The van der Waals surface area contributed by atoms with Crippen LogP contribution in [0.2, 0.25) is 0 Å². The molecule has 0 radical (unpaired) electrons. The molecule has 0 amide bonds. The second-order valence-electron chi connectivity index (χ2n) is 6.76. The number of carbonyl (C=O) groups is 1. The summed E-state index contributed by atoms with van der Waals surface area (Å²) in [5.41, 5.74) is 4.81. The summed E-state index contributed by atoms with van der Waals surface area (Å²) in [6.07, 6.45) is 12.9. The summed E-state index contributed by atoms with van der Waals surface area (Å²) in [7, 11) is 0. The summed E-state index contributed by atoms with van der Waals surface area (Å²) < 4.78 is 5.54. The molecule has 0 aromatic rings. The lowest BCUT2D eigenvalue weighted by Gasteiger charge is -2.17. The third-order valence-corrected chi connectivity index (χ3v) is 4.74. The largest absolute Gasteiger partial charge is 0.458 e. The maximum absolute atomic E-state index is 11.8. The summed E-state index contributed by atoms with van der Waals surface area (Å²) >= 11 is 0. The van der Waals surface area contributed by atoms with Crippen LogP contribution in [0.4, 0.5) is 0 Å². The molecule has 0 bridgehead atoms. The average molecular weight is 300 g/mol. The summed E-state index contributed by atoms with van der Waals surface area (Å²) in [5.74, 6) is -0.0834. The van der Waals surface area contributed by atoms with Gasteiger partial charge in [0, 0.05) is 17.9 Å². The highest BCUT2D eigenvalue weighted by atomic mass is 16.6. The van der Waals surface area contributed by atoms with Gasteiger partial charge in [-0.1, -0.05) is 41.5 Å². The van der Waals surface area contributed by atoms with Gasteiger partial charge in [0.25, 0.3) is 0 Å². The van der Waals surface area contributed by atoms with Crippen LogP contribution in [0.15, 0.2) is 47.1 Å². The number of esters is 1. The molecule has 1 aliphatic carbocycles. The van der Waals surface area contributed by atoms with Gasteiger partial charge in [0.15, 0.2) is 0 Å². The Labute approximate surface area is 134 Å². The molecule has 2 rings (SSSR count). The second-order valence-corrected chi connectivity index (χ2v) is 6.76. The van der Waals surface area contributed by atoms with Gasteiger partial charge in [-0.15, -0.1) is 0 Å². The number of ether oxygens (including phenoxy) is 1. The van der Waals surface area contributed by atoms with E-state index in [1.165, 1.54) is 29.6 Å². The van der Waals surface area contributed by atoms with E-state index in [9.17, 15) is 4.79 Å². The zero-order valence-corrected chi connectivity index (χ0v) is 14.2. The number of carbonyl (C=O) groups excluding carboxylic acids is 1. The van der Waals surface area contributed by atoms with E-state index >= 15 is 0 Å². The minimum absolute atomic E-state index is 0.0479. The van der Waals surface area contributed by atoms with E-state index in [0.717, 1.165) is 25.7 Å². The summed E-state index contributed by atoms with van der Waals surface area (Å²) in [5, 5.41) is 0. The standard InChI is InChI=1S/C20H28O2/c1-14-7-5-9-15(2)11-12-18-17(4)20(21)22-19(18)13-16(3)10-6-8-14/h8,10-11,18-19H,4-7,9,12-13H2,1-3H3. The van der Waals surface area contributed by atoms with Crippen LogP contribution in [0.3, 0.4) is 0 Å². The summed E-state index contributed by atoms with van der Waals surface area (Å²) in [6, 6.07) is 0. The van der Waals surface area contributed by atoms with Crippen LogP contribution in [0.1, 0.15) is 59.3 Å². The Bertz CT molecular complexity index is 534. The minimum atomic E-state index is -0.214. The van der Waals surface area contributed by atoms with Gasteiger partial charge in [0.05, 0.1) is 0 Å². The van der Waals surface area contributed by atoms with Gasteiger partial charge in [-0.2, -0.15) is 0 Å². The highest BCUT2D eigenvalue weighted by molar-refractivity contribution is 5.90. The highest BCUT2D eigenvalue weighted by Gasteiger charge is 2.37. The van der Waals surface area contributed by atoms with Crippen LogP contribution >= 0.6 is 0 Å². The van der Waals surface area contributed by atoms with Gasteiger partial charge in [-0.25, -0.2) is 4.79 Å². The first-order valence-electron chi connectivity index (χ1n) is 8.34. The van der Waals surface area contributed by atoms with Crippen molar-refractivity contribution in [2.24, 2.45) is 5.92 Å². The van der Waals surface area contributed by atoms with E-state index in [1.54, 1.807) is 0 Å². The van der Waals surface area contributed by atoms with Crippen molar-refractivity contribution in [1.29, 1.82) is 0 Å². The molecule has 120 valence electrons. The van der Waals surface area contributed by atoms with Gasteiger partial charge in [0.2, 0.25) is 0 Å². The van der Waals surface area contributed by atoms with Crippen LogP contribution in [-0.4, -0.2) is 12.1 Å². The lowest BCUT2D eigenvalue weighted by molar-refractivity contribution is -0.139. The number of rotatable bonds is 0. The fourth-order valence-corrected chi connectivity index (χ4v) is 3.19. The van der Waals surface area contributed by atoms with Gasteiger partial charge in [-0.3, -0.25) is 0 Å². The monoisotopic (exact) mass is 300 g/mol. The zero-order valence-electron chi connectivity index (χ0n) is 14.2. The van der Waals surface area contributed by atoms with Crippen molar-refractivity contribution in [2.75, 3.05) is 0 Å². The van der Waals surface area contributed by atoms with Crippen LogP contribution in [-0.2, 0) is 9.53 Å². The first kappa shape index (κ1) is 16.8. The number of allylic oxidation sites excluding steroid dienone is 5. The first-order valence-corrected chi connectivity index (χ1v) is 8.34. The maximum Gasteiger partial charge on any atom is 0.334 e. The van der Waals surface area contributed by atoms with Crippen LogP contribution in [0.25, 0.3) is 0 Å². The zero-order chi connectivity index (χ0) is 16.1. The van der Waals surface area contributed by atoms with Crippen molar-refractivity contribution >= 4 is 5.97 Å². The summed E-state index contributed by atoms with van der Waals surface area (Å²) in [6.45, 7) is 10.5. The van der Waals surface area contributed by atoms with Crippen molar-refractivity contribution in [2.45, 2.75) is 65.4 Å². The molecule has 1 aliphatic heterocycles. The maximum atomic E-state index is 11.8. The first-order chi connectivity index (χ1) is 10.5. The molecule has 22 heavy (non-hydrogen) atoms. The lowest BCUT2D eigenvalue weighted by atomic mass is 9.88. The fourth-order valence-electron chi connectivity index (χ4n) is 3.19. The Balaban J connectivity index is 2.19. The molecule has 0 N–H and O–H groups in total. The highest BCUT2D eigenvalue weighted by Crippen LogP contribution is 2.34. The van der Waals surface area contributed by atoms with E-state index in [2.05, 4.69) is 45.6 Å². The average Bonchev–Trinajstić information content (AvgIpc) is 2.71. The quantitative estimate of drug-likeness (QED) is 0.346. The molecule has 0 spiro atoms. The van der Waals surface area contributed by atoms with Crippen molar-refractivity contribution in [1.82, 2.24) is 0 Å². The Morgan fingerprint density at radius 1 is 1.05 bits per heavy atom. The molecule has 2 atom stereocenters. The molecule has 2 aliphatic rings. The van der Waals surface area contributed by atoms with Crippen molar-refractivity contribution < 1.29 is 9.53 Å². The fraction of sp³-hybridized carbons (Fsp3) is 0.550. The van der Waals surface area contributed by atoms with E-state index in [-0.39, 0.29) is 18.0 Å². The molecule has 1 fully saturated rings. The van der Waals surface area contributed by atoms with Crippen molar-refractivity contribution in [3.05, 3.63) is 47.1 Å². The van der Waals surface area contributed by atoms with Crippen molar-refractivity contribution in [3.63, 3.8) is 0 Å². The van der Waals surface area contributed by atoms with Gasteiger partial charge >= 0.3 is 5.97 Å². The molecule has 2 unspecified atom stereocenters. The topological polar surface area (TPSA) is 26.3 Å². The number of fused-ring (bicyclic) bond motifs is 1.